The molecule has 4 heteroatoms. The first kappa shape index (κ1) is 14.8. The van der Waals surface area contributed by atoms with Crippen LogP contribution in [0.15, 0.2) is 0 Å². The van der Waals surface area contributed by atoms with Gasteiger partial charge in [0, 0.05) is 6.54 Å². The van der Waals surface area contributed by atoms with Crippen molar-refractivity contribution in [2.75, 3.05) is 18.6 Å². The zero-order chi connectivity index (χ0) is 13.0. The predicted octanol–water partition coefficient (Wildman–Crippen LogP) is 2.18. The lowest BCUT2D eigenvalue weighted by molar-refractivity contribution is -0.131. The molecule has 0 aromatic carbocycles. The zero-order valence-corrected chi connectivity index (χ0v) is 12.5. The number of carbonyl (C=O) groups excluding carboxylic acids is 1. The molecule has 3 nitrogen and oxygen atoms in total. The molecule has 1 amide bonds. The van der Waals surface area contributed by atoms with Crippen LogP contribution in [-0.4, -0.2) is 41.6 Å². The fraction of sp³-hybridized carbons (Fsp3) is 0.923. The molecule has 0 aromatic heterocycles. The highest BCUT2D eigenvalue weighted by atomic mass is 32.2. The average molecular weight is 258 g/mol. The lowest BCUT2D eigenvalue weighted by atomic mass is 10.1. The van der Waals surface area contributed by atoms with E-state index in [0.717, 1.165) is 18.7 Å². The number of hydrogen-bond donors (Lipinski definition) is 1. The van der Waals surface area contributed by atoms with Gasteiger partial charge in [-0.3, -0.25) is 10.1 Å². The maximum absolute atomic E-state index is 12.2. The molecule has 100 valence electrons. The van der Waals surface area contributed by atoms with Crippen LogP contribution in [0.25, 0.3) is 0 Å². The van der Waals surface area contributed by atoms with E-state index < -0.39 is 0 Å². The summed E-state index contributed by atoms with van der Waals surface area (Å²) in [5, 5.41) is 3.46. The molecule has 1 aliphatic rings. The summed E-state index contributed by atoms with van der Waals surface area (Å²) in [6.07, 6.45) is 3.22. The van der Waals surface area contributed by atoms with Crippen molar-refractivity contribution in [1.29, 1.82) is 0 Å². The van der Waals surface area contributed by atoms with Gasteiger partial charge in [0.1, 0.15) is 0 Å². The van der Waals surface area contributed by atoms with Gasteiger partial charge in [-0.1, -0.05) is 27.7 Å². The number of carbonyl (C=O) groups is 1. The minimum absolute atomic E-state index is 0.0314. The van der Waals surface area contributed by atoms with Crippen LogP contribution in [0.1, 0.15) is 34.1 Å². The molecule has 0 aromatic rings. The van der Waals surface area contributed by atoms with Crippen LogP contribution in [0.2, 0.25) is 0 Å². The Morgan fingerprint density at radius 3 is 2.53 bits per heavy atom. The number of nitrogens with one attached hydrogen (secondary N) is 1. The fourth-order valence-electron chi connectivity index (χ4n) is 2.43. The van der Waals surface area contributed by atoms with Crippen LogP contribution in [0.3, 0.4) is 0 Å². The van der Waals surface area contributed by atoms with Crippen molar-refractivity contribution in [3.05, 3.63) is 0 Å². The lowest BCUT2D eigenvalue weighted by Crippen LogP contribution is -2.43. The minimum Gasteiger partial charge on any atom is -0.325 e. The first-order valence-electron chi connectivity index (χ1n) is 6.56. The van der Waals surface area contributed by atoms with Crippen LogP contribution in [0.4, 0.5) is 0 Å². The van der Waals surface area contributed by atoms with Crippen LogP contribution in [0, 0.1) is 11.8 Å². The summed E-state index contributed by atoms with van der Waals surface area (Å²) >= 11 is 1.85. The summed E-state index contributed by atoms with van der Waals surface area (Å²) in [5.74, 6) is 2.44. The van der Waals surface area contributed by atoms with Gasteiger partial charge in [0.05, 0.1) is 12.2 Å². The standard InChI is InChI=1S/C13H26N2OS/c1-6-11-13(16)15(7-10(4)8-17-5)12(14-11)9(2)3/h9-12,14H,6-8H2,1-5H3. The Morgan fingerprint density at radius 2 is 2.06 bits per heavy atom. The first-order valence-corrected chi connectivity index (χ1v) is 7.96. The van der Waals surface area contributed by atoms with E-state index in [1.807, 2.05) is 11.8 Å². The predicted molar refractivity (Wildman–Crippen MR) is 75.1 cm³/mol. The molecule has 1 saturated heterocycles. The Balaban J connectivity index is 2.68. The molecule has 17 heavy (non-hydrogen) atoms. The van der Waals surface area contributed by atoms with E-state index in [1.165, 1.54) is 0 Å². The van der Waals surface area contributed by atoms with Crippen molar-refractivity contribution in [2.45, 2.75) is 46.3 Å². The fourth-order valence-corrected chi connectivity index (χ4v) is 3.10. The van der Waals surface area contributed by atoms with E-state index in [0.29, 0.717) is 17.7 Å². The third kappa shape index (κ3) is 3.62. The normalized spacial score (nSPS) is 26.9. The van der Waals surface area contributed by atoms with E-state index in [2.05, 4.69) is 44.2 Å². The molecule has 1 aliphatic heterocycles. The molecule has 1 fully saturated rings. The molecule has 1 rings (SSSR count). The topological polar surface area (TPSA) is 32.3 Å². The third-order valence-electron chi connectivity index (χ3n) is 3.29. The van der Waals surface area contributed by atoms with Crippen LogP contribution < -0.4 is 5.32 Å². The molecule has 3 unspecified atom stereocenters. The van der Waals surface area contributed by atoms with E-state index in [9.17, 15) is 4.79 Å². The van der Waals surface area contributed by atoms with Crippen molar-refractivity contribution in [3.8, 4) is 0 Å². The first-order chi connectivity index (χ1) is 8.01. The van der Waals surface area contributed by atoms with E-state index in [4.69, 9.17) is 0 Å². The zero-order valence-electron chi connectivity index (χ0n) is 11.7. The molecule has 3 atom stereocenters. The lowest BCUT2D eigenvalue weighted by Gasteiger charge is -2.29. The highest BCUT2D eigenvalue weighted by molar-refractivity contribution is 7.98. The van der Waals surface area contributed by atoms with Crippen LogP contribution >= 0.6 is 11.8 Å². The summed E-state index contributed by atoms with van der Waals surface area (Å²) in [5.41, 5.74) is 0. The summed E-state index contributed by atoms with van der Waals surface area (Å²) in [6.45, 7) is 9.53. The van der Waals surface area contributed by atoms with Crippen molar-refractivity contribution in [2.24, 2.45) is 11.8 Å². The highest BCUT2D eigenvalue weighted by Crippen LogP contribution is 2.21. The quantitative estimate of drug-likeness (QED) is 0.792. The maximum Gasteiger partial charge on any atom is 0.241 e. The highest BCUT2D eigenvalue weighted by Gasteiger charge is 2.39. The van der Waals surface area contributed by atoms with Gasteiger partial charge in [-0.15, -0.1) is 0 Å². The molecule has 0 saturated carbocycles. The minimum atomic E-state index is 0.0314. The van der Waals surface area contributed by atoms with Gasteiger partial charge in [0.25, 0.3) is 0 Å². The number of thioether (sulfide) groups is 1. The molecule has 0 bridgehead atoms. The molecule has 0 spiro atoms. The van der Waals surface area contributed by atoms with Crippen molar-refractivity contribution >= 4 is 17.7 Å². The second-order valence-corrected chi connectivity index (χ2v) is 6.28. The maximum atomic E-state index is 12.2. The van der Waals surface area contributed by atoms with E-state index in [-0.39, 0.29) is 12.2 Å². The average Bonchev–Trinajstić information content (AvgIpc) is 2.57. The second kappa shape index (κ2) is 6.64. The number of nitrogens with zero attached hydrogens (tertiary/aromatic N) is 1. The Labute approximate surface area is 110 Å². The van der Waals surface area contributed by atoms with Crippen molar-refractivity contribution in [1.82, 2.24) is 10.2 Å². The smallest absolute Gasteiger partial charge is 0.241 e. The summed E-state index contributed by atoms with van der Waals surface area (Å²) in [6, 6.07) is 0.0314. The molecular weight excluding hydrogens is 232 g/mol. The van der Waals surface area contributed by atoms with Crippen LogP contribution in [-0.2, 0) is 4.79 Å². The Bertz CT molecular complexity index is 258. The third-order valence-corrected chi connectivity index (χ3v) is 4.19. The SMILES string of the molecule is CCC1NC(C(C)C)N(CC(C)CSC)C1=O. The number of rotatable bonds is 6. The van der Waals surface area contributed by atoms with E-state index >= 15 is 0 Å². The van der Waals surface area contributed by atoms with Gasteiger partial charge in [-0.25, -0.2) is 0 Å². The Morgan fingerprint density at radius 1 is 1.41 bits per heavy atom. The number of amides is 1. The summed E-state index contributed by atoms with van der Waals surface area (Å²) < 4.78 is 0. The van der Waals surface area contributed by atoms with Gasteiger partial charge in [0.2, 0.25) is 5.91 Å². The second-order valence-electron chi connectivity index (χ2n) is 5.37. The van der Waals surface area contributed by atoms with Gasteiger partial charge in [0.15, 0.2) is 0 Å². The van der Waals surface area contributed by atoms with E-state index in [1.54, 1.807) is 0 Å². The number of hydrogen-bond acceptors (Lipinski definition) is 3. The summed E-state index contributed by atoms with van der Waals surface area (Å²) in [7, 11) is 0. The van der Waals surface area contributed by atoms with Gasteiger partial charge in [-0.05, 0) is 30.3 Å². The van der Waals surface area contributed by atoms with Gasteiger partial charge < -0.3 is 4.90 Å². The summed E-state index contributed by atoms with van der Waals surface area (Å²) in [4.78, 5) is 14.3. The molecular formula is C13H26N2OS. The van der Waals surface area contributed by atoms with Crippen molar-refractivity contribution in [3.63, 3.8) is 0 Å². The molecule has 1 N–H and O–H groups in total. The van der Waals surface area contributed by atoms with Gasteiger partial charge in [-0.2, -0.15) is 11.8 Å². The van der Waals surface area contributed by atoms with Crippen LogP contribution in [0.5, 0.6) is 0 Å². The molecule has 1 heterocycles. The largest absolute Gasteiger partial charge is 0.325 e. The Hall–Kier alpha value is -0.220. The van der Waals surface area contributed by atoms with Gasteiger partial charge >= 0.3 is 0 Å². The van der Waals surface area contributed by atoms with Crippen molar-refractivity contribution < 1.29 is 4.79 Å². The Kier molecular flexibility index (Phi) is 5.80. The molecule has 0 aliphatic carbocycles. The molecule has 0 radical (unpaired) electrons. The monoisotopic (exact) mass is 258 g/mol.